The van der Waals surface area contributed by atoms with Gasteiger partial charge in [0, 0.05) is 17.1 Å². The van der Waals surface area contributed by atoms with Crippen LogP contribution in [0.2, 0.25) is 0 Å². The summed E-state index contributed by atoms with van der Waals surface area (Å²) in [5.74, 6) is -0.169. The molecule has 2 rings (SSSR count). The van der Waals surface area contributed by atoms with Crippen LogP contribution in [0, 0.1) is 13.8 Å². The topological polar surface area (TPSA) is 72.3 Å². The first-order valence-electron chi connectivity index (χ1n) is 5.88. The summed E-state index contributed by atoms with van der Waals surface area (Å²) in [5, 5.41) is 9.56. The molecule has 2 heterocycles. The van der Waals surface area contributed by atoms with E-state index < -0.39 is 12.1 Å². The van der Waals surface area contributed by atoms with E-state index in [0.717, 1.165) is 23.0 Å². The SMILES string of the molecule is Cc1cc(C)nc(SCC2CCC(C(=O)O)O2)n1. The van der Waals surface area contributed by atoms with Crippen LogP contribution >= 0.6 is 11.8 Å². The summed E-state index contributed by atoms with van der Waals surface area (Å²) in [7, 11) is 0. The Labute approximate surface area is 110 Å². The van der Waals surface area contributed by atoms with Crippen molar-refractivity contribution in [1.29, 1.82) is 0 Å². The molecule has 0 radical (unpaired) electrons. The molecule has 6 heteroatoms. The Bertz CT molecular complexity index is 433. The van der Waals surface area contributed by atoms with Gasteiger partial charge in [0.05, 0.1) is 6.10 Å². The van der Waals surface area contributed by atoms with Gasteiger partial charge in [-0.2, -0.15) is 0 Å². The van der Waals surface area contributed by atoms with Gasteiger partial charge in [0.2, 0.25) is 0 Å². The molecule has 0 aliphatic carbocycles. The zero-order chi connectivity index (χ0) is 13.1. The van der Waals surface area contributed by atoms with Gasteiger partial charge in [-0.3, -0.25) is 0 Å². The Balaban J connectivity index is 1.87. The van der Waals surface area contributed by atoms with Crippen LogP contribution in [-0.2, 0) is 9.53 Å². The average molecular weight is 268 g/mol. The largest absolute Gasteiger partial charge is 0.479 e. The van der Waals surface area contributed by atoms with Gasteiger partial charge in [0.15, 0.2) is 11.3 Å². The number of aryl methyl sites for hydroxylation is 2. The number of nitrogens with zero attached hydrogens (tertiary/aromatic N) is 2. The van der Waals surface area contributed by atoms with E-state index in [4.69, 9.17) is 9.84 Å². The first-order valence-corrected chi connectivity index (χ1v) is 6.86. The molecule has 0 amide bonds. The molecular formula is C12H16N2O3S. The van der Waals surface area contributed by atoms with E-state index in [1.807, 2.05) is 19.9 Å². The Morgan fingerprint density at radius 2 is 2.11 bits per heavy atom. The quantitative estimate of drug-likeness (QED) is 0.663. The molecule has 0 saturated carbocycles. The molecule has 0 bridgehead atoms. The van der Waals surface area contributed by atoms with Crippen LogP contribution in [-0.4, -0.2) is 39.0 Å². The van der Waals surface area contributed by atoms with Crippen molar-refractivity contribution in [2.24, 2.45) is 0 Å². The van der Waals surface area contributed by atoms with E-state index in [1.165, 1.54) is 11.8 Å². The first kappa shape index (κ1) is 13.3. The highest BCUT2D eigenvalue weighted by Crippen LogP contribution is 2.25. The molecule has 1 N–H and O–H groups in total. The first-order chi connectivity index (χ1) is 8.54. The minimum absolute atomic E-state index is 0.0134. The third-order valence-corrected chi connectivity index (χ3v) is 3.72. The highest BCUT2D eigenvalue weighted by atomic mass is 32.2. The Kier molecular flexibility index (Phi) is 4.19. The molecule has 0 aromatic carbocycles. The molecule has 1 aliphatic heterocycles. The van der Waals surface area contributed by atoms with Gasteiger partial charge in [-0.1, -0.05) is 11.8 Å². The monoisotopic (exact) mass is 268 g/mol. The van der Waals surface area contributed by atoms with Crippen LogP contribution in [0.4, 0.5) is 0 Å². The summed E-state index contributed by atoms with van der Waals surface area (Å²) in [6.45, 7) is 3.87. The van der Waals surface area contributed by atoms with Gasteiger partial charge in [0.25, 0.3) is 0 Å². The number of hydrogen-bond donors (Lipinski definition) is 1. The molecule has 1 aromatic heterocycles. The van der Waals surface area contributed by atoms with Crippen LogP contribution in [0.1, 0.15) is 24.2 Å². The van der Waals surface area contributed by atoms with E-state index in [0.29, 0.717) is 12.2 Å². The van der Waals surface area contributed by atoms with E-state index in [-0.39, 0.29) is 6.10 Å². The van der Waals surface area contributed by atoms with Crippen molar-refractivity contribution in [1.82, 2.24) is 9.97 Å². The fourth-order valence-electron chi connectivity index (χ4n) is 1.94. The van der Waals surface area contributed by atoms with Crippen molar-refractivity contribution >= 4 is 17.7 Å². The number of aliphatic carboxylic acids is 1. The van der Waals surface area contributed by atoms with Crippen molar-refractivity contribution < 1.29 is 14.6 Å². The smallest absolute Gasteiger partial charge is 0.332 e. The van der Waals surface area contributed by atoms with Crippen LogP contribution < -0.4 is 0 Å². The fourth-order valence-corrected chi connectivity index (χ4v) is 2.93. The summed E-state index contributed by atoms with van der Waals surface area (Å²) < 4.78 is 5.43. The highest BCUT2D eigenvalue weighted by molar-refractivity contribution is 7.99. The molecule has 1 aromatic rings. The lowest BCUT2D eigenvalue weighted by atomic mass is 10.2. The lowest BCUT2D eigenvalue weighted by Crippen LogP contribution is -2.21. The zero-order valence-electron chi connectivity index (χ0n) is 10.4. The molecular weight excluding hydrogens is 252 g/mol. The number of rotatable bonds is 4. The van der Waals surface area contributed by atoms with Crippen LogP contribution in [0.3, 0.4) is 0 Å². The summed E-state index contributed by atoms with van der Waals surface area (Å²) >= 11 is 1.52. The van der Waals surface area contributed by atoms with E-state index >= 15 is 0 Å². The van der Waals surface area contributed by atoms with Crippen molar-refractivity contribution in [3.63, 3.8) is 0 Å². The average Bonchev–Trinajstić information content (AvgIpc) is 2.73. The summed E-state index contributed by atoms with van der Waals surface area (Å²) in [4.78, 5) is 19.4. The van der Waals surface area contributed by atoms with E-state index in [2.05, 4.69) is 9.97 Å². The van der Waals surface area contributed by atoms with E-state index in [9.17, 15) is 4.79 Å². The maximum atomic E-state index is 10.8. The molecule has 18 heavy (non-hydrogen) atoms. The maximum absolute atomic E-state index is 10.8. The van der Waals surface area contributed by atoms with Crippen LogP contribution in [0.5, 0.6) is 0 Å². The second-order valence-corrected chi connectivity index (χ2v) is 5.39. The van der Waals surface area contributed by atoms with Gasteiger partial charge in [-0.25, -0.2) is 14.8 Å². The summed E-state index contributed by atoms with van der Waals surface area (Å²) in [6, 6.07) is 1.93. The van der Waals surface area contributed by atoms with Crippen LogP contribution in [0.25, 0.3) is 0 Å². The predicted octanol–water partition coefficient (Wildman–Crippen LogP) is 1.82. The van der Waals surface area contributed by atoms with Crippen molar-refractivity contribution in [2.45, 2.75) is 44.1 Å². The molecule has 5 nitrogen and oxygen atoms in total. The number of carboxylic acid groups (broad SMARTS) is 1. The fraction of sp³-hybridized carbons (Fsp3) is 0.583. The molecule has 1 saturated heterocycles. The lowest BCUT2D eigenvalue weighted by Gasteiger charge is -2.10. The molecule has 98 valence electrons. The number of carboxylic acids is 1. The second kappa shape index (κ2) is 5.67. The number of carbonyl (C=O) groups is 1. The Morgan fingerprint density at radius 3 is 2.67 bits per heavy atom. The van der Waals surface area contributed by atoms with Crippen LogP contribution in [0.15, 0.2) is 11.2 Å². The van der Waals surface area contributed by atoms with Crippen molar-refractivity contribution in [3.8, 4) is 0 Å². The van der Waals surface area contributed by atoms with Gasteiger partial charge in [-0.15, -0.1) is 0 Å². The normalized spacial score (nSPS) is 23.2. The van der Waals surface area contributed by atoms with Gasteiger partial charge >= 0.3 is 5.97 Å². The maximum Gasteiger partial charge on any atom is 0.332 e. The van der Waals surface area contributed by atoms with Crippen molar-refractivity contribution in [2.75, 3.05) is 5.75 Å². The molecule has 1 fully saturated rings. The molecule has 2 unspecified atom stereocenters. The third kappa shape index (κ3) is 3.43. The summed E-state index contributed by atoms with van der Waals surface area (Å²) in [6.07, 6.45) is 0.722. The number of aromatic nitrogens is 2. The molecule has 0 spiro atoms. The number of hydrogen-bond acceptors (Lipinski definition) is 5. The minimum Gasteiger partial charge on any atom is -0.479 e. The highest BCUT2D eigenvalue weighted by Gasteiger charge is 2.30. The Hall–Kier alpha value is -1.14. The molecule has 2 atom stereocenters. The zero-order valence-corrected chi connectivity index (χ0v) is 11.2. The van der Waals surface area contributed by atoms with Crippen molar-refractivity contribution in [3.05, 3.63) is 17.5 Å². The summed E-state index contributed by atoms with van der Waals surface area (Å²) in [5.41, 5.74) is 1.89. The second-order valence-electron chi connectivity index (χ2n) is 4.41. The van der Waals surface area contributed by atoms with Gasteiger partial charge in [-0.05, 0) is 32.8 Å². The standard InChI is InChI=1S/C12H16N2O3S/c1-7-5-8(2)14-12(13-7)18-6-9-3-4-10(17-9)11(15)16/h5,9-10H,3-4,6H2,1-2H3,(H,15,16). The van der Waals surface area contributed by atoms with E-state index in [1.54, 1.807) is 0 Å². The predicted molar refractivity (Wildman–Crippen MR) is 67.8 cm³/mol. The van der Waals surface area contributed by atoms with Gasteiger partial charge in [0.1, 0.15) is 0 Å². The van der Waals surface area contributed by atoms with Gasteiger partial charge < -0.3 is 9.84 Å². The number of ether oxygens (including phenoxy) is 1. The number of thioether (sulfide) groups is 1. The Morgan fingerprint density at radius 1 is 1.44 bits per heavy atom. The minimum atomic E-state index is -0.870. The molecule has 1 aliphatic rings. The lowest BCUT2D eigenvalue weighted by molar-refractivity contribution is -0.148. The third-order valence-electron chi connectivity index (χ3n) is 2.74.